The van der Waals surface area contributed by atoms with Gasteiger partial charge in [0, 0.05) is 24.1 Å². The third-order valence-corrected chi connectivity index (χ3v) is 6.04. The number of rotatable bonds is 9. The molecule has 182 valence electrons. The fourth-order valence-corrected chi connectivity index (χ4v) is 3.53. The summed E-state index contributed by atoms with van der Waals surface area (Å²) < 4.78 is 66.8. The van der Waals surface area contributed by atoms with Gasteiger partial charge in [0.25, 0.3) is 0 Å². The highest BCUT2D eigenvalue weighted by molar-refractivity contribution is 7.92. The Balaban J connectivity index is 1.86. The number of sulfonamides is 1. The number of nitrogens with two attached hydrogens (primary N) is 1. The van der Waals surface area contributed by atoms with Crippen LogP contribution in [0.4, 0.5) is 36.3 Å². The van der Waals surface area contributed by atoms with Crippen LogP contribution in [0.15, 0.2) is 48.8 Å². The average molecular weight is 496 g/mol. The van der Waals surface area contributed by atoms with Crippen molar-refractivity contribution in [2.24, 2.45) is 5.73 Å². The van der Waals surface area contributed by atoms with Crippen molar-refractivity contribution in [3.63, 3.8) is 0 Å². The number of hydrogen-bond donors (Lipinski definition) is 4. The molecule has 0 saturated carbocycles. The normalized spacial score (nSPS) is 12.8. The lowest BCUT2D eigenvalue weighted by molar-refractivity contribution is -0.137. The molecule has 1 atom stereocenters. The Morgan fingerprint density at radius 1 is 1.12 bits per heavy atom. The molecule has 0 spiro atoms. The van der Waals surface area contributed by atoms with Crippen molar-refractivity contribution >= 4 is 33.2 Å². The summed E-state index contributed by atoms with van der Waals surface area (Å²) >= 11 is 0. The molecule has 0 unspecified atom stereocenters. The number of pyridine rings is 1. The van der Waals surface area contributed by atoms with E-state index < -0.39 is 27.6 Å². The maximum atomic E-state index is 13.5. The van der Waals surface area contributed by atoms with E-state index >= 15 is 0 Å². The van der Waals surface area contributed by atoms with Gasteiger partial charge in [-0.2, -0.15) is 18.2 Å². The molecule has 1 aromatic carbocycles. The van der Waals surface area contributed by atoms with Gasteiger partial charge in [-0.3, -0.25) is 9.71 Å². The molecule has 2 heterocycles. The van der Waals surface area contributed by atoms with E-state index in [0.29, 0.717) is 11.9 Å². The Bertz CT molecular complexity index is 1230. The molecule has 3 aromatic rings. The van der Waals surface area contributed by atoms with E-state index in [4.69, 9.17) is 5.73 Å². The molecule has 13 heteroatoms. The van der Waals surface area contributed by atoms with E-state index in [1.807, 2.05) is 6.92 Å². The molecular weight excluding hydrogens is 471 g/mol. The van der Waals surface area contributed by atoms with Crippen LogP contribution < -0.4 is 21.1 Å². The van der Waals surface area contributed by atoms with E-state index in [2.05, 4.69) is 30.3 Å². The summed E-state index contributed by atoms with van der Waals surface area (Å²) in [5, 5.41) is 5.47. The minimum absolute atomic E-state index is 0.0584. The van der Waals surface area contributed by atoms with Gasteiger partial charge in [0.1, 0.15) is 11.4 Å². The van der Waals surface area contributed by atoms with Crippen LogP contribution in [0, 0.1) is 0 Å². The molecule has 3 rings (SSSR count). The molecule has 0 aliphatic heterocycles. The molecule has 34 heavy (non-hydrogen) atoms. The van der Waals surface area contributed by atoms with Crippen LogP contribution in [0.25, 0.3) is 0 Å². The first kappa shape index (κ1) is 25.2. The highest BCUT2D eigenvalue weighted by Crippen LogP contribution is 2.34. The maximum absolute atomic E-state index is 13.5. The van der Waals surface area contributed by atoms with E-state index in [9.17, 15) is 21.6 Å². The zero-order valence-electron chi connectivity index (χ0n) is 18.4. The molecule has 2 aromatic heterocycles. The van der Waals surface area contributed by atoms with Gasteiger partial charge >= 0.3 is 6.18 Å². The molecular formula is C21H24F3N7O2S. The predicted octanol–water partition coefficient (Wildman–Crippen LogP) is 4.03. The highest BCUT2D eigenvalue weighted by Gasteiger charge is 2.35. The van der Waals surface area contributed by atoms with Gasteiger partial charge in [0.05, 0.1) is 23.7 Å². The van der Waals surface area contributed by atoms with Crippen LogP contribution in [0.5, 0.6) is 0 Å². The van der Waals surface area contributed by atoms with Crippen LogP contribution >= 0.6 is 0 Å². The zero-order chi connectivity index (χ0) is 24.9. The Morgan fingerprint density at radius 3 is 2.44 bits per heavy atom. The standard InChI is InChI=1S/C21H24F3N7O2S/c1-3-34(32,33)31-17-5-4-10-26-18(17)12-27-19-16(21(22,23)24)11-28-20(30-19)29-15-8-6-14(7-9-15)13(2)25/h4-11,13,31H,3,12,25H2,1-2H3,(H2,27,28,29,30)/t13-/m0/s1. The van der Waals surface area contributed by atoms with Crippen molar-refractivity contribution in [1.29, 1.82) is 0 Å². The Kier molecular flexibility index (Phi) is 7.57. The number of halogens is 3. The lowest BCUT2D eigenvalue weighted by Gasteiger charge is -2.16. The van der Waals surface area contributed by atoms with E-state index in [1.54, 1.807) is 24.3 Å². The molecule has 5 N–H and O–H groups in total. The van der Waals surface area contributed by atoms with Gasteiger partial charge < -0.3 is 16.4 Å². The molecule has 9 nitrogen and oxygen atoms in total. The first-order chi connectivity index (χ1) is 16.0. The number of nitrogens with zero attached hydrogens (tertiary/aromatic N) is 3. The number of benzene rings is 1. The van der Waals surface area contributed by atoms with Crippen LogP contribution in [-0.2, 0) is 22.7 Å². The van der Waals surface area contributed by atoms with Gasteiger partial charge in [-0.1, -0.05) is 12.1 Å². The summed E-state index contributed by atoms with van der Waals surface area (Å²) in [6.07, 6.45) is -2.63. The van der Waals surface area contributed by atoms with Crippen molar-refractivity contribution in [3.8, 4) is 0 Å². The fraction of sp³-hybridized carbons (Fsp3) is 0.286. The molecule has 0 aliphatic rings. The molecule has 0 fully saturated rings. The summed E-state index contributed by atoms with van der Waals surface area (Å²) in [6.45, 7) is 3.08. The lowest BCUT2D eigenvalue weighted by atomic mass is 10.1. The predicted molar refractivity (Wildman–Crippen MR) is 124 cm³/mol. The molecule has 0 aliphatic carbocycles. The minimum Gasteiger partial charge on any atom is -0.364 e. The Labute approximate surface area is 195 Å². The molecule has 0 radical (unpaired) electrons. The van der Waals surface area contributed by atoms with E-state index in [1.165, 1.54) is 25.3 Å². The smallest absolute Gasteiger partial charge is 0.364 e. The first-order valence-electron chi connectivity index (χ1n) is 10.2. The van der Waals surface area contributed by atoms with Gasteiger partial charge in [-0.15, -0.1) is 0 Å². The summed E-state index contributed by atoms with van der Waals surface area (Å²) in [5.41, 5.74) is 6.57. The third-order valence-electron chi connectivity index (χ3n) is 4.75. The zero-order valence-corrected chi connectivity index (χ0v) is 19.2. The summed E-state index contributed by atoms with van der Waals surface area (Å²) in [5.74, 6) is -0.705. The number of alkyl halides is 3. The monoisotopic (exact) mass is 495 g/mol. The van der Waals surface area contributed by atoms with Crippen molar-refractivity contribution in [3.05, 3.63) is 65.6 Å². The quantitative estimate of drug-likeness (QED) is 0.350. The van der Waals surface area contributed by atoms with Crippen molar-refractivity contribution in [1.82, 2.24) is 15.0 Å². The summed E-state index contributed by atoms with van der Waals surface area (Å²) in [7, 11) is -3.60. The van der Waals surface area contributed by atoms with Crippen LogP contribution in [0.3, 0.4) is 0 Å². The van der Waals surface area contributed by atoms with Gasteiger partial charge in [0.15, 0.2) is 0 Å². The average Bonchev–Trinajstić information content (AvgIpc) is 2.78. The molecule has 0 amide bonds. The number of anilines is 4. The van der Waals surface area contributed by atoms with Crippen LogP contribution in [0.2, 0.25) is 0 Å². The second-order valence-corrected chi connectivity index (χ2v) is 9.36. The fourth-order valence-electron chi connectivity index (χ4n) is 2.86. The third kappa shape index (κ3) is 6.54. The second-order valence-electron chi connectivity index (χ2n) is 7.35. The Hall–Kier alpha value is -3.45. The molecule has 0 saturated heterocycles. The van der Waals surface area contributed by atoms with Crippen LogP contribution in [0.1, 0.15) is 36.7 Å². The lowest BCUT2D eigenvalue weighted by Crippen LogP contribution is -2.18. The number of aromatic nitrogens is 3. The summed E-state index contributed by atoms with van der Waals surface area (Å²) in [6, 6.07) is 9.83. The number of hydrogen-bond acceptors (Lipinski definition) is 8. The van der Waals surface area contributed by atoms with Gasteiger partial charge in [0.2, 0.25) is 16.0 Å². The van der Waals surface area contributed by atoms with Crippen molar-refractivity contribution < 1.29 is 21.6 Å². The topological polar surface area (TPSA) is 135 Å². The number of nitrogens with one attached hydrogen (secondary N) is 3. The van der Waals surface area contributed by atoms with Crippen molar-refractivity contribution in [2.75, 3.05) is 21.1 Å². The highest BCUT2D eigenvalue weighted by atomic mass is 32.2. The second kappa shape index (κ2) is 10.2. The van der Waals surface area contributed by atoms with Crippen LogP contribution in [-0.4, -0.2) is 29.1 Å². The largest absolute Gasteiger partial charge is 0.421 e. The van der Waals surface area contributed by atoms with E-state index in [-0.39, 0.29) is 35.7 Å². The van der Waals surface area contributed by atoms with Gasteiger partial charge in [-0.05, 0) is 43.7 Å². The summed E-state index contributed by atoms with van der Waals surface area (Å²) in [4.78, 5) is 11.8. The minimum atomic E-state index is -4.71. The maximum Gasteiger partial charge on any atom is 0.421 e. The Morgan fingerprint density at radius 2 is 1.82 bits per heavy atom. The SMILES string of the molecule is CCS(=O)(=O)Nc1cccnc1CNc1nc(Nc2ccc([C@H](C)N)cc2)ncc1C(F)(F)F. The molecule has 0 bridgehead atoms. The van der Waals surface area contributed by atoms with E-state index in [0.717, 1.165) is 5.56 Å². The van der Waals surface area contributed by atoms with Gasteiger partial charge in [-0.25, -0.2) is 13.4 Å². The first-order valence-corrected chi connectivity index (χ1v) is 11.9. The van der Waals surface area contributed by atoms with Crippen molar-refractivity contribution in [2.45, 2.75) is 32.6 Å².